The van der Waals surface area contributed by atoms with Crippen molar-refractivity contribution in [1.82, 2.24) is 9.97 Å². The van der Waals surface area contributed by atoms with Crippen LogP contribution in [-0.4, -0.2) is 33.3 Å². The predicted octanol–water partition coefficient (Wildman–Crippen LogP) is 3.47. The van der Waals surface area contributed by atoms with E-state index in [0.29, 0.717) is 5.52 Å². The number of benzene rings is 1. The smallest absolute Gasteiger partial charge is 0.271 e. The number of unbranched alkanes of at least 4 members (excludes halogenated alkanes) is 1. The molecule has 0 aliphatic carbocycles. The Morgan fingerprint density at radius 1 is 1.45 bits per heavy atom. The van der Waals surface area contributed by atoms with E-state index < -0.39 is 4.92 Å². The van der Waals surface area contributed by atoms with E-state index in [1.54, 1.807) is 6.07 Å². The third-order valence-corrected chi connectivity index (χ3v) is 3.45. The average Bonchev–Trinajstić information content (AvgIpc) is 2.85. The molecule has 108 valence electrons. The second kappa shape index (κ2) is 6.69. The highest BCUT2D eigenvalue weighted by Crippen LogP contribution is 2.22. The fourth-order valence-electron chi connectivity index (χ4n) is 2.02. The molecule has 0 spiro atoms. The van der Waals surface area contributed by atoms with Gasteiger partial charge >= 0.3 is 0 Å². The number of anilines is 1. The molecule has 1 heterocycles. The third kappa shape index (κ3) is 3.27. The summed E-state index contributed by atoms with van der Waals surface area (Å²) in [5.74, 6) is 0.772. The number of hydrogen-bond acceptors (Lipinski definition) is 4. The number of nitro groups is 1. The summed E-state index contributed by atoms with van der Waals surface area (Å²) in [6.07, 6.45) is 2.20. The number of nitro benzene ring substituents is 1. The lowest BCUT2D eigenvalue weighted by atomic mass is 10.3. The van der Waals surface area contributed by atoms with Crippen molar-refractivity contribution in [3.63, 3.8) is 0 Å². The Morgan fingerprint density at radius 2 is 2.25 bits per heavy atom. The quantitative estimate of drug-likeness (QED) is 0.475. The molecule has 0 atom stereocenters. The second-order valence-corrected chi connectivity index (χ2v) is 5.34. The molecule has 2 aromatic rings. The Kier molecular flexibility index (Phi) is 4.94. The molecule has 7 heteroatoms. The number of nitrogens with one attached hydrogen (secondary N) is 1. The zero-order valence-corrected chi connectivity index (χ0v) is 12.9. The first-order chi connectivity index (χ1) is 9.65. The molecule has 0 aliphatic rings. The number of rotatable bonds is 7. The fraction of sp³-hybridized carbons (Fsp3) is 0.462. The van der Waals surface area contributed by atoms with Crippen molar-refractivity contribution in [3.05, 3.63) is 28.3 Å². The van der Waals surface area contributed by atoms with Gasteiger partial charge in [-0.05, 0) is 12.5 Å². The SMILES string of the molecule is CCCCN(CCBr)c1nc2ccc([N+](=O)[O-])cc2[nH]1. The van der Waals surface area contributed by atoms with Gasteiger partial charge in [0, 0.05) is 30.6 Å². The van der Waals surface area contributed by atoms with E-state index in [-0.39, 0.29) is 5.69 Å². The molecular weight excluding hydrogens is 324 g/mol. The number of aromatic amines is 1. The molecule has 0 bridgehead atoms. The molecule has 1 aromatic carbocycles. The molecule has 1 N–H and O–H groups in total. The number of imidazole rings is 1. The minimum atomic E-state index is -0.396. The summed E-state index contributed by atoms with van der Waals surface area (Å²) < 4.78 is 0. The number of non-ortho nitro benzene ring substituents is 1. The van der Waals surface area contributed by atoms with Gasteiger partial charge in [-0.25, -0.2) is 4.98 Å². The van der Waals surface area contributed by atoms with Gasteiger partial charge < -0.3 is 9.88 Å². The summed E-state index contributed by atoms with van der Waals surface area (Å²) in [6.45, 7) is 3.92. The Balaban J connectivity index is 2.30. The van der Waals surface area contributed by atoms with Gasteiger partial charge in [-0.1, -0.05) is 29.3 Å². The molecule has 2 rings (SSSR count). The van der Waals surface area contributed by atoms with Crippen molar-refractivity contribution in [2.75, 3.05) is 23.3 Å². The standard InChI is InChI=1S/C13H17BrN4O2/c1-2-3-7-17(8-6-14)13-15-11-5-4-10(18(19)20)9-12(11)16-13/h4-5,9H,2-3,6-8H2,1H3,(H,15,16). The van der Waals surface area contributed by atoms with Gasteiger partial charge in [0.05, 0.1) is 16.0 Å². The first-order valence-corrected chi connectivity index (χ1v) is 7.73. The number of halogens is 1. The Labute approximate surface area is 125 Å². The van der Waals surface area contributed by atoms with Gasteiger partial charge in [-0.2, -0.15) is 0 Å². The average molecular weight is 341 g/mol. The molecule has 0 fully saturated rings. The van der Waals surface area contributed by atoms with E-state index in [2.05, 4.69) is 37.7 Å². The van der Waals surface area contributed by atoms with Crippen LogP contribution < -0.4 is 4.90 Å². The zero-order valence-electron chi connectivity index (χ0n) is 11.3. The van der Waals surface area contributed by atoms with Gasteiger partial charge in [-0.3, -0.25) is 10.1 Å². The molecule has 1 aromatic heterocycles. The van der Waals surface area contributed by atoms with Gasteiger partial charge in [-0.15, -0.1) is 0 Å². The highest BCUT2D eigenvalue weighted by molar-refractivity contribution is 9.09. The number of hydrogen-bond donors (Lipinski definition) is 1. The van der Waals surface area contributed by atoms with Crippen LogP contribution in [0.5, 0.6) is 0 Å². The second-order valence-electron chi connectivity index (χ2n) is 4.55. The van der Waals surface area contributed by atoms with Crippen LogP contribution in [0.25, 0.3) is 11.0 Å². The maximum atomic E-state index is 10.8. The molecule has 0 unspecified atom stereocenters. The summed E-state index contributed by atoms with van der Waals surface area (Å²) in [4.78, 5) is 20.2. The topological polar surface area (TPSA) is 75.1 Å². The lowest BCUT2D eigenvalue weighted by molar-refractivity contribution is -0.384. The van der Waals surface area contributed by atoms with Crippen molar-refractivity contribution in [2.45, 2.75) is 19.8 Å². The Morgan fingerprint density at radius 3 is 2.90 bits per heavy atom. The van der Waals surface area contributed by atoms with Crippen LogP contribution in [0.4, 0.5) is 11.6 Å². The van der Waals surface area contributed by atoms with E-state index >= 15 is 0 Å². The van der Waals surface area contributed by atoms with Gasteiger partial charge in [0.2, 0.25) is 5.95 Å². The Hall–Kier alpha value is -1.63. The normalized spacial score (nSPS) is 10.9. The van der Waals surface area contributed by atoms with Crippen molar-refractivity contribution in [3.8, 4) is 0 Å². The molecule has 6 nitrogen and oxygen atoms in total. The van der Waals surface area contributed by atoms with Crippen LogP contribution in [0.15, 0.2) is 18.2 Å². The molecular formula is C13H17BrN4O2. The predicted molar refractivity (Wildman–Crippen MR) is 83.7 cm³/mol. The minimum absolute atomic E-state index is 0.0771. The van der Waals surface area contributed by atoms with Crippen molar-refractivity contribution in [1.29, 1.82) is 0 Å². The largest absolute Gasteiger partial charge is 0.342 e. The summed E-state index contributed by atoms with van der Waals surface area (Å²) in [5, 5.41) is 11.6. The van der Waals surface area contributed by atoms with Gasteiger partial charge in [0.25, 0.3) is 5.69 Å². The molecule has 20 heavy (non-hydrogen) atoms. The van der Waals surface area contributed by atoms with E-state index in [4.69, 9.17) is 0 Å². The van der Waals surface area contributed by atoms with E-state index in [1.807, 2.05) is 0 Å². The van der Waals surface area contributed by atoms with Crippen LogP contribution >= 0.6 is 15.9 Å². The number of fused-ring (bicyclic) bond motifs is 1. The maximum absolute atomic E-state index is 10.8. The van der Waals surface area contributed by atoms with Crippen molar-refractivity contribution >= 4 is 38.6 Å². The first-order valence-electron chi connectivity index (χ1n) is 6.60. The lowest BCUT2D eigenvalue weighted by Crippen LogP contribution is -2.27. The fourth-order valence-corrected chi connectivity index (χ4v) is 2.45. The van der Waals surface area contributed by atoms with E-state index in [9.17, 15) is 10.1 Å². The van der Waals surface area contributed by atoms with Crippen molar-refractivity contribution in [2.24, 2.45) is 0 Å². The number of alkyl halides is 1. The monoisotopic (exact) mass is 340 g/mol. The molecule has 0 radical (unpaired) electrons. The Bertz CT molecular complexity index is 599. The molecule has 0 aliphatic heterocycles. The summed E-state index contributed by atoms with van der Waals surface area (Å²) >= 11 is 3.44. The van der Waals surface area contributed by atoms with Crippen LogP contribution in [-0.2, 0) is 0 Å². The summed E-state index contributed by atoms with van der Waals surface area (Å²) in [7, 11) is 0. The van der Waals surface area contributed by atoms with Crippen LogP contribution in [0.1, 0.15) is 19.8 Å². The van der Waals surface area contributed by atoms with E-state index in [1.165, 1.54) is 12.1 Å². The van der Waals surface area contributed by atoms with Crippen molar-refractivity contribution < 1.29 is 4.92 Å². The summed E-state index contributed by atoms with van der Waals surface area (Å²) in [5.41, 5.74) is 1.53. The lowest BCUT2D eigenvalue weighted by Gasteiger charge is -2.20. The number of aromatic nitrogens is 2. The van der Waals surface area contributed by atoms with Gasteiger partial charge in [0.15, 0.2) is 0 Å². The van der Waals surface area contributed by atoms with Crippen LogP contribution in [0.2, 0.25) is 0 Å². The maximum Gasteiger partial charge on any atom is 0.271 e. The number of H-pyrrole nitrogens is 1. The summed E-state index contributed by atoms with van der Waals surface area (Å²) in [6, 6.07) is 4.69. The third-order valence-electron chi connectivity index (χ3n) is 3.10. The van der Waals surface area contributed by atoms with E-state index in [0.717, 1.165) is 42.7 Å². The van der Waals surface area contributed by atoms with Crippen LogP contribution in [0.3, 0.4) is 0 Å². The number of nitrogens with zero attached hydrogens (tertiary/aromatic N) is 3. The highest BCUT2D eigenvalue weighted by atomic mass is 79.9. The molecule has 0 saturated carbocycles. The zero-order chi connectivity index (χ0) is 14.5. The first kappa shape index (κ1) is 14.8. The molecule has 0 saturated heterocycles. The highest BCUT2D eigenvalue weighted by Gasteiger charge is 2.13. The van der Waals surface area contributed by atoms with Crippen LogP contribution in [0, 0.1) is 10.1 Å². The minimum Gasteiger partial charge on any atom is -0.342 e. The molecule has 0 amide bonds. The van der Waals surface area contributed by atoms with Gasteiger partial charge in [0.1, 0.15) is 0 Å².